The zero-order valence-corrected chi connectivity index (χ0v) is 13.9. The van der Waals surface area contributed by atoms with Crippen LogP contribution in [0.5, 0.6) is 0 Å². The molecule has 0 aliphatic heterocycles. The van der Waals surface area contributed by atoms with Gasteiger partial charge in [0.2, 0.25) is 0 Å². The Labute approximate surface area is 144 Å². The minimum atomic E-state index is -4.71. The quantitative estimate of drug-likeness (QED) is 0.198. The number of anilines is 1. The first-order valence-electron chi connectivity index (χ1n) is 6.37. The summed E-state index contributed by atoms with van der Waals surface area (Å²) in [7, 11) is 0. The van der Waals surface area contributed by atoms with Crippen LogP contribution in [0.4, 0.5) is 19.0 Å². The van der Waals surface area contributed by atoms with Gasteiger partial charge in [-0.25, -0.2) is 9.78 Å². The number of hydrazone groups is 1. The molecular formula is C13H12Cl2F3N3O3. The van der Waals surface area contributed by atoms with Gasteiger partial charge in [0.15, 0.2) is 5.82 Å². The SMILES string of the molecule is CCOC(=O)C(/C=N/Nc1nc(Cl)c(C(F)(F)F)cc1Cl)=C(\C)O. The number of aliphatic hydroxyl groups excluding tert-OH is 1. The number of hydrogen-bond acceptors (Lipinski definition) is 6. The normalized spacial score (nSPS) is 13.0. The topological polar surface area (TPSA) is 83.8 Å². The second-order valence-electron chi connectivity index (χ2n) is 4.24. The molecule has 6 nitrogen and oxygen atoms in total. The van der Waals surface area contributed by atoms with Crippen molar-refractivity contribution >= 4 is 41.2 Å². The van der Waals surface area contributed by atoms with Crippen LogP contribution >= 0.6 is 23.2 Å². The molecular weight excluding hydrogens is 374 g/mol. The molecule has 0 aromatic carbocycles. The van der Waals surface area contributed by atoms with E-state index in [1.165, 1.54) is 6.92 Å². The fourth-order valence-corrected chi connectivity index (χ4v) is 1.84. The van der Waals surface area contributed by atoms with E-state index in [2.05, 4.69) is 15.5 Å². The van der Waals surface area contributed by atoms with Crippen LogP contribution in [-0.2, 0) is 15.7 Å². The van der Waals surface area contributed by atoms with Gasteiger partial charge < -0.3 is 9.84 Å². The maximum absolute atomic E-state index is 12.7. The van der Waals surface area contributed by atoms with Crippen LogP contribution in [0.2, 0.25) is 10.2 Å². The Bertz CT molecular complexity index is 687. The summed E-state index contributed by atoms with van der Waals surface area (Å²) in [5, 5.41) is 11.8. The van der Waals surface area contributed by atoms with Crippen LogP contribution in [0.15, 0.2) is 22.5 Å². The summed E-state index contributed by atoms with van der Waals surface area (Å²) in [4.78, 5) is 15.0. The number of carbonyl (C=O) groups excluding carboxylic acids is 1. The lowest BCUT2D eigenvalue weighted by atomic mass is 10.2. The van der Waals surface area contributed by atoms with Crippen molar-refractivity contribution in [2.75, 3.05) is 12.0 Å². The third-order valence-electron chi connectivity index (χ3n) is 2.48. The van der Waals surface area contributed by atoms with E-state index in [-0.39, 0.29) is 28.8 Å². The highest BCUT2D eigenvalue weighted by Gasteiger charge is 2.35. The number of ether oxygens (including phenoxy) is 1. The molecule has 24 heavy (non-hydrogen) atoms. The second-order valence-corrected chi connectivity index (χ2v) is 5.01. The summed E-state index contributed by atoms with van der Waals surface area (Å²) in [6.07, 6.45) is -3.79. The van der Waals surface area contributed by atoms with E-state index in [1.807, 2.05) is 0 Å². The molecule has 0 aliphatic rings. The Morgan fingerprint density at radius 3 is 2.62 bits per heavy atom. The molecule has 0 bridgehead atoms. The lowest BCUT2D eigenvalue weighted by Gasteiger charge is -2.11. The molecule has 2 N–H and O–H groups in total. The number of esters is 1. The van der Waals surface area contributed by atoms with Crippen LogP contribution in [0.1, 0.15) is 19.4 Å². The first-order valence-corrected chi connectivity index (χ1v) is 7.12. The molecule has 0 amide bonds. The zero-order valence-electron chi connectivity index (χ0n) is 12.4. The number of halogens is 5. The van der Waals surface area contributed by atoms with Crippen LogP contribution < -0.4 is 5.43 Å². The van der Waals surface area contributed by atoms with Gasteiger partial charge in [-0.05, 0) is 19.9 Å². The Hall–Kier alpha value is -2.00. The number of carbonyl (C=O) groups is 1. The smallest absolute Gasteiger partial charge is 0.419 e. The maximum atomic E-state index is 12.7. The molecule has 0 fully saturated rings. The fourth-order valence-electron chi connectivity index (χ4n) is 1.40. The zero-order chi connectivity index (χ0) is 18.5. The number of hydrogen-bond donors (Lipinski definition) is 2. The summed E-state index contributed by atoms with van der Waals surface area (Å²) >= 11 is 11.2. The molecule has 0 radical (unpaired) electrons. The van der Waals surface area contributed by atoms with Crippen LogP contribution in [0, 0.1) is 0 Å². The highest BCUT2D eigenvalue weighted by molar-refractivity contribution is 6.34. The molecule has 132 valence electrons. The van der Waals surface area contributed by atoms with E-state index in [1.54, 1.807) is 6.92 Å². The first kappa shape index (κ1) is 20.0. The van der Waals surface area contributed by atoms with Gasteiger partial charge in [0.05, 0.1) is 23.4 Å². The number of aliphatic hydroxyl groups is 1. The minimum absolute atomic E-state index is 0.0821. The number of allylic oxidation sites excluding steroid dienone is 1. The van der Waals surface area contributed by atoms with E-state index >= 15 is 0 Å². The van der Waals surface area contributed by atoms with Crippen molar-refractivity contribution in [1.29, 1.82) is 0 Å². The lowest BCUT2D eigenvalue weighted by molar-refractivity contribution is -0.138. The Morgan fingerprint density at radius 2 is 2.12 bits per heavy atom. The first-order chi connectivity index (χ1) is 11.1. The molecule has 0 spiro atoms. The number of rotatable bonds is 5. The third kappa shape index (κ3) is 5.27. The van der Waals surface area contributed by atoms with Crippen molar-refractivity contribution in [3.8, 4) is 0 Å². The molecule has 11 heteroatoms. The number of nitrogens with one attached hydrogen (secondary N) is 1. The van der Waals surface area contributed by atoms with Gasteiger partial charge in [0.1, 0.15) is 16.5 Å². The van der Waals surface area contributed by atoms with E-state index < -0.39 is 22.9 Å². The number of aromatic nitrogens is 1. The lowest BCUT2D eigenvalue weighted by Crippen LogP contribution is -2.12. The number of pyridine rings is 1. The van der Waals surface area contributed by atoms with E-state index in [4.69, 9.17) is 27.9 Å². The summed E-state index contributed by atoms with van der Waals surface area (Å²) in [5.41, 5.74) is 0.792. The van der Waals surface area contributed by atoms with Crippen molar-refractivity contribution in [1.82, 2.24) is 4.98 Å². The second kappa shape index (κ2) is 8.20. The van der Waals surface area contributed by atoms with Gasteiger partial charge >= 0.3 is 12.1 Å². The molecule has 1 aromatic heterocycles. The van der Waals surface area contributed by atoms with Crippen LogP contribution in [0.3, 0.4) is 0 Å². The highest BCUT2D eigenvalue weighted by Crippen LogP contribution is 2.37. The predicted octanol–water partition coefficient (Wildman–Crippen LogP) is 4.20. The Morgan fingerprint density at radius 1 is 1.50 bits per heavy atom. The van der Waals surface area contributed by atoms with E-state index in [9.17, 15) is 23.1 Å². The Kier molecular flexibility index (Phi) is 6.85. The molecule has 1 rings (SSSR count). The molecule has 0 saturated heterocycles. The average molecular weight is 386 g/mol. The van der Waals surface area contributed by atoms with Crippen molar-refractivity contribution < 1.29 is 27.8 Å². The molecule has 0 unspecified atom stereocenters. The molecule has 1 heterocycles. The van der Waals surface area contributed by atoms with E-state index in [0.717, 1.165) is 6.21 Å². The Balaban J connectivity index is 3.01. The largest absolute Gasteiger partial charge is 0.512 e. The number of alkyl halides is 3. The van der Waals surface area contributed by atoms with Gasteiger partial charge in [0, 0.05) is 0 Å². The maximum Gasteiger partial charge on any atom is 0.419 e. The average Bonchev–Trinajstić information content (AvgIpc) is 2.45. The predicted molar refractivity (Wildman–Crippen MR) is 83.3 cm³/mol. The summed E-state index contributed by atoms with van der Waals surface area (Å²) in [5.74, 6) is -1.44. The third-order valence-corrected chi connectivity index (χ3v) is 3.06. The van der Waals surface area contributed by atoms with Gasteiger partial charge in [-0.2, -0.15) is 18.3 Å². The van der Waals surface area contributed by atoms with Crippen molar-refractivity contribution in [3.63, 3.8) is 0 Å². The van der Waals surface area contributed by atoms with Crippen LogP contribution in [0.25, 0.3) is 0 Å². The molecule has 0 atom stereocenters. The summed E-state index contributed by atoms with van der Waals surface area (Å²) < 4.78 is 42.7. The fraction of sp³-hybridized carbons (Fsp3) is 0.308. The van der Waals surface area contributed by atoms with Gasteiger partial charge in [-0.3, -0.25) is 5.43 Å². The monoisotopic (exact) mass is 385 g/mol. The molecule has 1 aromatic rings. The minimum Gasteiger partial charge on any atom is -0.512 e. The number of nitrogens with zero attached hydrogens (tertiary/aromatic N) is 2. The molecule has 0 saturated carbocycles. The standard InChI is InChI=1S/C13H12Cl2F3N3O3/c1-3-24-12(23)7(6(2)22)5-19-21-11-9(14)4-8(10(15)20-11)13(16,17)18/h4-5,22H,3H2,1-2H3,(H,20,21)/b7-6+,19-5+. The summed E-state index contributed by atoms with van der Waals surface area (Å²) in [6.45, 7) is 2.89. The van der Waals surface area contributed by atoms with Crippen molar-refractivity contribution in [2.45, 2.75) is 20.0 Å². The molecule has 0 aliphatic carbocycles. The van der Waals surface area contributed by atoms with Gasteiger partial charge in [0.25, 0.3) is 0 Å². The van der Waals surface area contributed by atoms with Gasteiger partial charge in [-0.1, -0.05) is 23.2 Å². The van der Waals surface area contributed by atoms with Gasteiger partial charge in [-0.15, -0.1) is 0 Å². The summed E-state index contributed by atoms with van der Waals surface area (Å²) in [6, 6.07) is 0.591. The van der Waals surface area contributed by atoms with Crippen molar-refractivity contribution in [2.24, 2.45) is 5.10 Å². The highest BCUT2D eigenvalue weighted by atomic mass is 35.5. The van der Waals surface area contributed by atoms with Crippen molar-refractivity contribution in [3.05, 3.63) is 33.1 Å². The van der Waals surface area contributed by atoms with E-state index in [0.29, 0.717) is 6.07 Å². The van der Waals surface area contributed by atoms with Crippen LogP contribution in [-0.4, -0.2) is 28.9 Å².